The molecule has 0 saturated heterocycles. The predicted octanol–water partition coefficient (Wildman–Crippen LogP) is 2.19. The summed E-state index contributed by atoms with van der Waals surface area (Å²) in [6.07, 6.45) is 0.963. The molecule has 7 nitrogen and oxygen atoms in total. The van der Waals surface area contributed by atoms with E-state index in [1.165, 1.54) is 49.4 Å². The lowest BCUT2D eigenvalue weighted by Crippen LogP contribution is -2.37. The van der Waals surface area contributed by atoms with Crippen molar-refractivity contribution >= 4 is 38.9 Å². The quantitative estimate of drug-likeness (QED) is 0.804. The first-order valence-corrected chi connectivity index (χ1v) is 9.41. The number of rotatable bonds is 6. The molecule has 0 bridgehead atoms. The van der Waals surface area contributed by atoms with Crippen molar-refractivity contribution in [3.05, 3.63) is 54.3 Å². The number of nitrogens with zero attached hydrogens (tertiary/aromatic N) is 1. The second kappa shape index (κ2) is 7.96. The maximum atomic E-state index is 13.6. The Hall–Kier alpha value is -2.94. The number of halogens is 1. The normalized spacial score (nSPS) is 10.9. The number of carbonyl (C=O) groups is 2. The third-order valence-electron chi connectivity index (χ3n) is 3.31. The number of hydrogen-bond acceptors (Lipinski definition) is 4. The Morgan fingerprint density at radius 2 is 1.65 bits per heavy atom. The summed E-state index contributed by atoms with van der Waals surface area (Å²) in [6.45, 7) is 0.830. The summed E-state index contributed by atoms with van der Waals surface area (Å²) < 4.78 is 38.6. The van der Waals surface area contributed by atoms with Crippen molar-refractivity contribution in [3.8, 4) is 0 Å². The monoisotopic (exact) mass is 379 g/mol. The zero-order chi connectivity index (χ0) is 19.3. The number of nitrogens with one attached hydrogen (secondary N) is 2. The molecule has 2 N–H and O–H groups in total. The lowest BCUT2D eigenvalue weighted by molar-refractivity contribution is -0.115. The van der Waals surface area contributed by atoms with Crippen LogP contribution in [0.1, 0.15) is 6.92 Å². The van der Waals surface area contributed by atoms with Gasteiger partial charge in [-0.15, -0.1) is 0 Å². The summed E-state index contributed by atoms with van der Waals surface area (Å²) in [5.74, 6) is -1.57. The molecule has 2 rings (SSSR count). The van der Waals surface area contributed by atoms with Crippen molar-refractivity contribution in [3.63, 3.8) is 0 Å². The van der Waals surface area contributed by atoms with Crippen molar-refractivity contribution in [2.45, 2.75) is 6.92 Å². The van der Waals surface area contributed by atoms with E-state index >= 15 is 0 Å². The van der Waals surface area contributed by atoms with Gasteiger partial charge in [-0.1, -0.05) is 12.1 Å². The van der Waals surface area contributed by atoms with E-state index in [2.05, 4.69) is 10.6 Å². The second-order valence-electron chi connectivity index (χ2n) is 5.53. The lowest BCUT2D eigenvalue weighted by Gasteiger charge is -2.22. The van der Waals surface area contributed by atoms with Gasteiger partial charge in [0.25, 0.3) is 0 Å². The van der Waals surface area contributed by atoms with Crippen LogP contribution in [0.4, 0.5) is 21.5 Å². The molecular formula is C17H18FN3O4S. The molecule has 2 aromatic rings. The topological polar surface area (TPSA) is 95.6 Å². The van der Waals surface area contributed by atoms with Crippen molar-refractivity contribution in [2.75, 3.05) is 27.7 Å². The number of carbonyl (C=O) groups excluding carboxylic acids is 2. The van der Waals surface area contributed by atoms with E-state index in [9.17, 15) is 22.4 Å². The number of anilines is 3. The van der Waals surface area contributed by atoms with Gasteiger partial charge < -0.3 is 10.6 Å². The summed E-state index contributed by atoms with van der Waals surface area (Å²) in [7, 11) is -3.76. The van der Waals surface area contributed by atoms with E-state index < -0.39 is 28.3 Å². The van der Waals surface area contributed by atoms with Crippen LogP contribution in [0.2, 0.25) is 0 Å². The largest absolute Gasteiger partial charge is 0.326 e. The minimum absolute atomic E-state index is 0.0352. The molecule has 9 heteroatoms. The van der Waals surface area contributed by atoms with Gasteiger partial charge in [0.2, 0.25) is 21.8 Å². The molecule has 2 amide bonds. The van der Waals surface area contributed by atoms with Crippen LogP contribution in [0.3, 0.4) is 0 Å². The molecular weight excluding hydrogens is 361 g/mol. The first kappa shape index (κ1) is 19.4. The third-order valence-corrected chi connectivity index (χ3v) is 4.45. The third kappa shape index (κ3) is 5.28. The van der Waals surface area contributed by atoms with Crippen LogP contribution in [-0.4, -0.2) is 33.0 Å². The molecule has 0 aliphatic rings. The number of para-hydroxylation sites is 1. The Kier molecular flexibility index (Phi) is 5.93. The molecule has 0 unspecified atom stereocenters. The SMILES string of the molecule is CC(=O)Nc1ccc(N(CC(=O)Nc2ccccc2F)S(C)(=O)=O)cc1. The molecule has 2 aromatic carbocycles. The highest BCUT2D eigenvalue weighted by molar-refractivity contribution is 7.92. The molecule has 138 valence electrons. The highest BCUT2D eigenvalue weighted by Crippen LogP contribution is 2.21. The van der Waals surface area contributed by atoms with Gasteiger partial charge in [0.05, 0.1) is 17.6 Å². The molecule has 26 heavy (non-hydrogen) atoms. The standard InChI is InChI=1S/C17H18FN3O4S/c1-12(22)19-13-7-9-14(10-8-13)21(26(2,24)25)11-17(23)20-16-6-4-3-5-15(16)18/h3-10H,11H2,1-2H3,(H,19,22)(H,20,23). The van der Waals surface area contributed by atoms with Crippen molar-refractivity contribution < 1.29 is 22.4 Å². The Bertz CT molecular complexity index is 914. The average molecular weight is 379 g/mol. The van der Waals surface area contributed by atoms with E-state index in [1.54, 1.807) is 6.07 Å². The molecule has 0 atom stereocenters. The molecule has 0 saturated carbocycles. The van der Waals surface area contributed by atoms with Crippen molar-refractivity contribution in [1.29, 1.82) is 0 Å². The van der Waals surface area contributed by atoms with Crippen molar-refractivity contribution in [2.24, 2.45) is 0 Å². The molecule has 0 aromatic heterocycles. The molecule has 0 aliphatic heterocycles. The fourth-order valence-electron chi connectivity index (χ4n) is 2.20. The van der Waals surface area contributed by atoms with Crippen LogP contribution in [0, 0.1) is 5.82 Å². The zero-order valence-corrected chi connectivity index (χ0v) is 15.0. The van der Waals surface area contributed by atoms with Crippen LogP contribution in [0.5, 0.6) is 0 Å². The van der Waals surface area contributed by atoms with E-state index in [4.69, 9.17) is 0 Å². The number of amides is 2. The van der Waals surface area contributed by atoms with Crippen molar-refractivity contribution in [1.82, 2.24) is 0 Å². The highest BCUT2D eigenvalue weighted by Gasteiger charge is 2.21. The average Bonchev–Trinajstić information content (AvgIpc) is 2.54. The van der Waals surface area contributed by atoms with E-state index in [1.807, 2.05) is 0 Å². The summed E-state index contributed by atoms with van der Waals surface area (Å²) in [5.41, 5.74) is 0.697. The Labute approximate surface area is 150 Å². The number of sulfonamides is 1. The summed E-state index contributed by atoms with van der Waals surface area (Å²) in [4.78, 5) is 23.2. The maximum Gasteiger partial charge on any atom is 0.245 e. The molecule has 0 radical (unpaired) electrons. The molecule has 0 fully saturated rings. The van der Waals surface area contributed by atoms with Gasteiger partial charge in [-0.05, 0) is 36.4 Å². The zero-order valence-electron chi connectivity index (χ0n) is 14.2. The number of hydrogen-bond donors (Lipinski definition) is 2. The Balaban J connectivity index is 2.19. The van der Waals surface area contributed by atoms with Gasteiger partial charge in [0, 0.05) is 12.6 Å². The highest BCUT2D eigenvalue weighted by atomic mass is 32.2. The van der Waals surface area contributed by atoms with Gasteiger partial charge in [0.1, 0.15) is 12.4 Å². The molecule has 0 spiro atoms. The van der Waals surface area contributed by atoms with Crippen LogP contribution in [-0.2, 0) is 19.6 Å². The van der Waals surface area contributed by atoms with Crippen LogP contribution in [0.15, 0.2) is 48.5 Å². The smallest absolute Gasteiger partial charge is 0.245 e. The summed E-state index contributed by atoms with van der Waals surface area (Å²) >= 11 is 0. The summed E-state index contributed by atoms with van der Waals surface area (Å²) in [5, 5.41) is 4.90. The van der Waals surface area contributed by atoms with Crippen LogP contribution in [0.25, 0.3) is 0 Å². The van der Waals surface area contributed by atoms with Crippen LogP contribution >= 0.6 is 0 Å². The molecule has 0 heterocycles. The van der Waals surface area contributed by atoms with Gasteiger partial charge >= 0.3 is 0 Å². The minimum Gasteiger partial charge on any atom is -0.326 e. The van der Waals surface area contributed by atoms with Crippen LogP contribution < -0.4 is 14.9 Å². The first-order valence-electron chi connectivity index (χ1n) is 7.56. The van der Waals surface area contributed by atoms with Gasteiger partial charge in [0.15, 0.2) is 0 Å². The van der Waals surface area contributed by atoms with Gasteiger partial charge in [-0.3, -0.25) is 13.9 Å². The van der Waals surface area contributed by atoms with Gasteiger partial charge in [-0.25, -0.2) is 12.8 Å². The van der Waals surface area contributed by atoms with E-state index in [0.29, 0.717) is 5.69 Å². The lowest BCUT2D eigenvalue weighted by atomic mass is 10.2. The Morgan fingerprint density at radius 1 is 1.04 bits per heavy atom. The summed E-state index contributed by atoms with van der Waals surface area (Å²) in [6, 6.07) is 11.5. The van der Waals surface area contributed by atoms with E-state index in [0.717, 1.165) is 10.6 Å². The second-order valence-corrected chi connectivity index (χ2v) is 7.43. The van der Waals surface area contributed by atoms with Gasteiger partial charge in [-0.2, -0.15) is 0 Å². The maximum absolute atomic E-state index is 13.6. The Morgan fingerprint density at radius 3 is 2.19 bits per heavy atom. The fraction of sp³-hybridized carbons (Fsp3) is 0.176. The molecule has 0 aliphatic carbocycles. The minimum atomic E-state index is -3.76. The number of benzene rings is 2. The first-order chi connectivity index (χ1) is 12.2. The van der Waals surface area contributed by atoms with E-state index in [-0.39, 0.29) is 17.3 Å². The predicted molar refractivity (Wildman–Crippen MR) is 98.0 cm³/mol. The fourth-order valence-corrected chi connectivity index (χ4v) is 3.05.